The summed E-state index contributed by atoms with van der Waals surface area (Å²) < 4.78 is 15.9. The van der Waals surface area contributed by atoms with E-state index in [2.05, 4.69) is 26.0 Å². The third-order valence-corrected chi connectivity index (χ3v) is 3.14. The third-order valence-electron chi connectivity index (χ3n) is 2.64. The molecule has 0 fully saturated rings. The molecule has 0 bridgehead atoms. The molecule has 19 heavy (non-hydrogen) atoms. The van der Waals surface area contributed by atoms with Crippen LogP contribution >= 0.6 is 15.9 Å². The third kappa shape index (κ3) is 1.98. The first-order valence-corrected chi connectivity index (χ1v) is 6.19. The van der Waals surface area contributed by atoms with E-state index in [9.17, 15) is 4.39 Å². The Balaban J connectivity index is 2.27. The summed E-state index contributed by atoms with van der Waals surface area (Å²) in [5.74, 6) is -0.154. The van der Waals surface area contributed by atoms with Crippen molar-refractivity contribution in [2.75, 3.05) is 0 Å². The summed E-state index contributed by atoms with van der Waals surface area (Å²) in [6.45, 7) is 0. The standard InChI is InChI=1S/C13H6BrFN4/c14-8-4-5-11(15)10(6-8)13-17-12-3-1-2-9(7-16)19(12)18-13/h1-6H. The maximum absolute atomic E-state index is 13.8. The van der Waals surface area contributed by atoms with E-state index < -0.39 is 5.82 Å². The maximum Gasteiger partial charge on any atom is 0.185 e. The highest BCUT2D eigenvalue weighted by Gasteiger charge is 2.13. The molecule has 0 amide bonds. The number of aromatic nitrogens is 3. The normalized spacial score (nSPS) is 10.6. The van der Waals surface area contributed by atoms with Crippen molar-refractivity contribution in [3.8, 4) is 17.5 Å². The van der Waals surface area contributed by atoms with Crippen LogP contribution < -0.4 is 0 Å². The average Bonchev–Trinajstić information content (AvgIpc) is 2.85. The summed E-state index contributed by atoms with van der Waals surface area (Å²) in [6, 6.07) is 11.6. The van der Waals surface area contributed by atoms with Gasteiger partial charge in [0.25, 0.3) is 0 Å². The van der Waals surface area contributed by atoms with Crippen molar-refractivity contribution in [1.82, 2.24) is 14.6 Å². The predicted octanol–water partition coefficient (Wildman–Crippen LogP) is 3.17. The number of pyridine rings is 1. The molecule has 0 spiro atoms. The SMILES string of the molecule is N#Cc1cccc2nc(-c3cc(Br)ccc3F)nn12. The Morgan fingerprint density at radius 2 is 2.11 bits per heavy atom. The second kappa shape index (κ2) is 4.44. The predicted molar refractivity (Wildman–Crippen MR) is 70.8 cm³/mol. The number of rotatable bonds is 1. The molecular formula is C13H6BrFN4. The molecular weight excluding hydrogens is 311 g/mol. The van der Waals surface area contributed by atoms with Crippen LogP contribution in [-0.4, -0.2) is 14.6 Å². The Bertz CT molecular complexity index is 819. The van der Waals surface area contributed by atoms with Gasteiger partial charge < -0.3 is 0 Å². The van der Waals surface area contributed by atoms with Crippen LogP contribution in [0, 0.1) is 17.1 Å². The number of nitriles is 1. The van der Waals surface area contributed by atoms with Crippen LogP contribution in [0.5, 0.6) is 0 Å². The molecule has 4 nitrogen and oxygen atoms in total. The first kappa shape index (κ1) is 11.8. The van der Waals surface area contributed by atoms with Gasteiger partial charge in [0.05, 0.1) is 5.56 Å². The fourth-order valence-corrected chi connectivity index (χ4v) is 2.13. The molecule has 1 aromatic carbocycles. The molecule has 0 unspecified atom stereocenters. The van der Waals surface area contributed by atoms with Crippen molar-refractivity contribution < 1.29 is 4.39 Å². The summed E-state index contributed by atoms with van der Waals surface area (Å²) >= 11 is 3.28. The molecule has 2 aromatic heterocycles. The lowest BCUT2D eigenvalue weighted by Gasteiger charge is -1.98. The molecule has 2 heterocycles. The Labute approximate surface area is 116 Å². The van der Waals surface area contributed by atoms with E-state index in [1.807, 2.05) is 6.07 Å². The van der Waals surface area contributed by atoms with Gasteiger partial charge in [-0.05, 0) is 30.3 Å². The summed E-state index contributed by atoms with van der Waals surface area (Å²) in [6.07, 6.45) is 0. The van der Waals surface area contributed by atoms with Crippen LogP contribution in [0.4, 0.5) is 4.39 Å². The lowest BCUT2D eigenvalue weighted by molar-refractivity contribution is 0.629. The number of fused-ring (bicyclic) bond motifs is 1. The number of hydrogen-bond donors (Lipinski definition) is 0. The summed E-state index contributed by atoms with van der Waals surface area (Å²) in [4.78, 5) is 4.23. The molecule has 0 radical (unpaired) electrons. The highest BCUT2D eigenvalue weighted by Crippen LogP contribution is 2.24. The Hall–Kier alpha value is -2.26. The first-order chi connectivity index (χ1) is 9.19. The zero-order valence-corrected chi connectivity index (χ0v) is 11.1. The lowest BCUT2D eigenvalue weighted by atomic mass is 10.2. The van der Waals surface area contributed by atoms with E-state index in [1.54, 1.807) is 30.3 Å². The smallest absolute Gasteiger partial charge is 0.185 e. The van der Waals surface area contributed by atoms with E-state index in [-0.39, 0.29) is 5.82 Å². The summed E-state index contributed by atoms with van der Waals surface area (Å²) in [7, 11) is 0. The van der Waals surface area contributed by atoms with E-state index in [1.165, 1.54) is 10.6 Å². The van der Waals surface area contributed by atoms with Gasteiger partial charge in [-0.3, -0.25) is 0 Å². The van der Waals surface area contributed by atoms with Gasteiger partial charge in [0.15, 0.2) is 11.5 Å². The van der Waals surface area contributed by atoms with Crippen LogP contribution in [-0.2, 0) is 0 Å². The molecule has 6 heteroatoms. The highest BCUT2D eigenvalue weighted by atomic mass is 79.9. The quantitative estimate of drug-likeness (QED) is 0.693. The highest BCUT2D eigenvalue weighted by molar-refractivity contribution is 9.10. The van der Waals surface area contributed by atoms with Gasteiger partial charge in [-0.1, -0.05) is 22.0 Å². The zero-order valence-electron chi connectivity index (χ0n) is 9.51. The van der Waals surface area contributed by atoms with Crippen molar-refractivity contribution >= 4 is 21.6 Å². The van der Waals surface area contributed by atoms with Gasteiger partial charge in [0.1, 0.15) is 17.6 Å². The minimum atomic E-state index is -0.405. The Morgan fingerprint density at radius 3 is 2.89 bits per heavy atom. The fraction of sp³-hybridized carbons (Fsp3) is 0. The molecule has 0 N–H and O–H groups in total. The molecule has 0 aliphatic carbocycles. The monoisotopic (exact) mass is 316 g/mol. The van der Waals surface area contributed by atoms with Gasteiger partial charge in [-0.2, -0.15) is 5.26 Å². The minimum Gasteiger partial charge on any atom is -0.207 e. The number of nitrogens with zero attached hydrogens (tertiary/aromatic N) is 4. The second-order valence-electron chi connectivity index (χ2n) is 3.85. The molecule has 0 aliphatic rings. The van der Waals surface area contributed by atoms with Crippen molar-refractivity contribution in [3.05, 3.63) is 52.4 Å². The Morgan fingerprint density at radius 1 is 1.26 bits per heavy atom. The Kier molecular flexibility index (Phi) is 2.76. The van der Waals surface area contributed by atoms with Gasteiger partial charge in [0, 0.05) is 4.47 Å². The molecule has 92 valence electrons. The number of hydrogen-bond acceptors (Lipinski definition) is 3. The molecule has 0 aliphatic heterocycles. The summed E-state index contributed by atoms with van der Waals surface area (Å²) in [5.41, 5.74) is 1.15. The van der Waals surface area contributed by atoms with Crippen LogP contribution in [0.1, 0.15) is 5.69 Å². The molecule has 0 atom stereocenters. The lowest BCUT2D eigenvalue weighted by Crippen LogP contribution is -1.93. The minimum absolute atomic E-state index is 0.251. The average molecular weight is 317 g/mol. The van der Waals surface area contributed by atoms with E-state index in [0.717, 1.165) is 4.47 Å². The fourth-order valence-electron chi connectivity index (χ4n) is 1.77. The van der Waals surface area contributed by atoms with Gasteiger partial charge in [-0.25, -0.2) is 13.9 Å². The van der Waals surface area contributed by atoms with Gasteiger partial charge in [-0.15, -0.1) is 5.10 Å². The number of halogens is 2. The van der Waals surface area contributed by atoms with E-state index in [0.29, 0.717) is 16.9 Å². The second-order valence-corrected chi connectivity index (χ2v) is 4.77. The van der Waals surface area contributed by atoms with Crippen molar-refractivity contribution in [2.24, 2.45) is 0 Å². The van der Waals surface area contributed by atoms with Crippen LogP contribution in [0.2, 0.25) is 0 Å². The molecule has 0 saturated heterocycles. The largest absolute Gasteiger partial charge is 0.207 e. The molecule has 0 saturated carbocycles. The maximum atomic E-state index is 13.8. The van der Waals surface area contributed by atoms with Crippen LogP contribution in [0.15, 0.2) is 40.9 Å². The molecule has 3 rings (SSSR count). The van der Waals surface area contributed by atoms with Crippen LogP contribution in [0.25, 0.3) is 17.0 Å². The number of benzene rings is 1. The van der Waals surface area contributed by atoms with Crippen molar-refractivity contribution in [3.63, 3.8) is 0 Å². The van der Waals surface area contributed by atoms with Gasteiger partial charge >= 0.3 is 0 Å². The molecule has 3 aromatic rings. The van der Waals surface area contributed by atoms with Gasteiger partial charge in [0.2, 0.25) is 0 Å². The van der Waals surface area contributed by atoms with E-state index in [4.69, 9.17) is 5.26 Å². The summed E-state index contributed by atoms with van der Waals surface area (Å²) in [5, 5.41) is 13.2. The van der Waals surface area contributed by atoms with Crippen LogP contribution in [0.3, 0.4) is 0 Å². The van der Waals surface area contributed by atoms with Crippen molar-refractivity contribution in [2.45, 2.75) is 0 Å². The zero-order chi connectivity index (χ0) is 13.4. The van der Waals surface area contributed by atoms with Crippen molar-refractivity contribution in [1.29, 1.82) is 5.26 Å². The van der Waals surface area contributed by atoms with E-state index >= 15 is 0 Å². The topological polar surface area (TPSA) is 54.0 Å². The first-order valence-electron chi connectivity index (χ1n) is 5.40.